The summed E-state index contributed by atoms with van der Waals surface area (Å²) in [5, 5.41) is 9.64. The molecule has 0 aromatic carbocycles. The van der Waals surface area contributed by atoms with E-state index in [9.17, 15) is 5.11 Å². The van der Waals surface area contributed by atoms with Crippen molar-refractivity contribution < 1.29 is 14.6 Å². The molecule has 0 bridgehead atoms. The molecule has 0 unspecified atom stereocenters. The van der Waals surface area contributed by atoms with Crippen molar-refractivity contribution in [3.63, 3.8) is 0 Å². The predicted molar refractivity (Wildman–Crippen MR) is 43.0 cm³/mol. The molecule has 0 saturated heterocycles. The zero-order valence-corrected chi connectivity index (χ0v) is 7.76. The van der Waals surface area contributed by atoms with Crippen LogP contribution in [-0.2, 0) is 9.47 Å². The van der Waals surface area contributed by atoms with Gasteiger partial charge in [0.15, 0.2) is 0 Å². The summed E-state index contributed by atoms with van der Waals surface area (Å²) in [5.74, 6) is -1.45. The van der Waals surface area contributed by atoms with Gasteiger partial charge in [-0.1, -0.05) is 13.8 Å². The van der Waals surface area contributed by atoms with E-state index in [1.807, 2.05) is 27.7 Å². The van der Waals surface area contributed by atoms with E-state index in [0.717, 1.165) is 0 Å². The minimum atomic E-state index is -1.40. The summed E-state index contributed by atoms with van der Waals surface area (Å²) in [5.41, 5.74) is 0. The second-order valence-corrected chi connectivity index (χ2v) is 2.65. The molecular formula is C8H18O3. The van der Waals surface area contributed by atoms with Gasteiger partial charge < -0.3 is 14.6 Å². The second-order valence-electron chi connectivity index (χ2n) is 2.65. The van der Waals surface area contributed by atoms with Gasteiger partial charge in [0, 0.05) is 19.1 Å². The molecule has 0 aliphatic rings. The van der Waals surface area contributed by atoms with Gasteiger partial charge >= 0.3 is 0 Å². The molecule has 0 heterocycles. The largest absolute Gasteiger partial charge is 0.343 e. The third-order valence-electron chi connectivity index (χ3n) is 1.43. The molecule has 0 amide bonds. The van der Waals surface area contributed by atoms with E-state index in [-0.39, 0.29) is 5.92 Å². The average molecular weight is 162 g/mol. The van der Waals surface area contributed by atoms with Crippen LogP contribution in [0.3, 0.4) is 0 Å². The molecule has 0 aromatic rings. The fraction of sp³-hybridized carbons (Fsp3) is 1.00. The highest BCUT2D eigenvalue weighted by Crippen LogP contribution is 2.19. The maximum Gasteiger partial charge on any atom is 0.282 e. The van der Waals surface area contributed by atoms with E-state index in [2.05, 4.69) is 0 Å². The van der Waals surface area contributed by atoms with Crippen LogP contribution in [0.4, 0.5) is 0 Å². The van der Waals surface area contributed by atoms with Crippen LogP contribution < -0.4 is 0 Å². The van der Waals surface area contributed by atoms with Gasteiger partial charge in [0.25, 0.3) is 5.97 Å². The number of hydrogen-bond donors (Lipinski definition) is 1. The lowest BCUT2D eigenvalue weighted by atomic mass is 10.2. The first-order valence-electron chi connectivity index (χ1n) is 4.07. The molecule has 0 aliphatic carbocycles. The molecule has 0 atom stereocenters. The average Bonchev–Trinajstić information content (AvgIpc) is 1.88. The zero-order chi connectivity index (χ0) is 8.91. The summed E-state index contributed by atoms with van der Waals surface area (Å²) in [4.78, 5) is 0. The quantitative estimate of drug-likeness (QED) is 0.620. The fourth-order valence-corrected chi connectivity index (χ4v) is 0.789. The van der Waals surface area contributed by atoms with Crippen LogP contribution in [0.15, 0.2) is 0 Å². The Kier molecular flexibility index (Phi) is 4.65. The van der Waals surface area contributed by atoms with Crippen LogP contribution in [0.5, 0.6) is 0 Å². The Morgan fingerprint density at radius 1 is 1.18 bits per heavy atom. The highest BCUT2D eigenvalue weighted by Gasteiger charge is 2.32. The fourth-order valence-electron chi connectivity index (χ4n) is 0.789. The van der Waals surface area contributed by atoms with Gasteiger partial charge in [0.05, 0.1) is 0 Å². The highest BCUT2D eigenvalue weighted by molar-refractivity contribution is 4.58. The Morgan fingerprint density at radius 2 is 1.55 bits per heavy atom. The molecule has 0 aliphatic heterocycles. The van der Waals surface area contributed by atoms with Crippen molar-refractivity contribution in [2.75, 3.05) is 13.2 Å². The molecule has 3 heteroatoms. The Hall–Kier alpha value is -0.120. The molecule has 1 N–H and O–H groups in total. The van der Waals surface area contributed by atoms with Gasteiger partial charge in [-0.05, 0) is 13.8 Å². The molecule has 0 fully saturated rings. The molecule has 0 spiro atoms. The maximum absolute atomic E-state index is 9.64. The first-order valence-corrected chi connectivity index (χ1v) is 4.07. The Morgan fingerprint density at radius 3 is 1.73 bits per heavy atom. The van der Waals surface area contributed by atoms with E-state index >= 15 is 0 Å². The van der Waals surface area contributed by atoms with Crippen LogP contribution in [0.1, 0.15) is 27.7 Å². The van der Waals surface area contributed by atoms with E-state index in [1.165, 1.54) is 0 Å². The van der Waals surface area contributed by atoms with Gasteiger partial charge in [-0.25, -0.2) is 0 Å². The summed E-state index contributed by atoms with van der Waals surface area (Å²) in [7, 11) is 0. The summed E-state index contributed by atoms with van der Waals surface area (Å²) in [6, 6.07) is 0. The zero-order valence-electron chi connectivity index (χ0n) is 7.76. The summed E-state index contributed by atoms with van der Waals surface area (Å²) >= 11 is 0. The van der Waals surface area contributed by atoms with E-state index in [1.54, 1.807) is 0 Å². The third kappa shape index (κ3) is 3.18. The highest BCUT2D eigenvalue weighted by atomic mass is 16.8. The molecule has 0 aromatic heterocycles. The Balaban J connectivity index is 4.01. The molecule has 11 heavy (non-hydrogen) atoms. The van der Waals surface area contributed by atoms with Crippen molar-refractivity contribution in [1.29, 1.82) is 0 Å². The van der Waals surface area contributed by atoms with Crippen molar-refractivity contribution in [2.45, 2.75) is 33.7 Å². The van der Waals surface area contributed by atoms with Gasteiger partial charge in [-0.15, -0.1) is 0 Å². The van der Waals surface area contributed by atoms with Crippen LogP contribution >= 0.6 is 0 Å². The minimum Gasteiger partial charge on any atom is -0.343 e. The molecule has 68 valence electrons. The number of hydrogen-bond acceptors (Lipinski definition) is 3. The van der Waals surface area contributed by atoms with E-state index < -0.39 is 5.97 Å². The normalized spacial score (nSPS) is 12.5. The van der Waals surface area contributed by atoms with Crippen LogP contribution in [0.25, 0.3) is 0 Å². The molecule has 3 nitrogen and oxygen atoms in total. The van der Waals surface area contributed by atoms with Crippen molar-refractivity contribution in [3.8, 4) is 0 Å². The summed E-state index contributed by atoms with van der Waals surface area (Å²) in [6.45, 7) is 8.26. The van der Waals surface area contributed by atoms with Crippen LogP contribution in [0, 0.1) is 5.92 Å². The van der Waals surface area contributed by atoms with Gasteiger partial charge in [0.2, 0.25) is 0 Å². The second kappa shape index (κ2) is 4.70. The monoisotopic (exact) mass is 162 g/mol. The summed E-state index contributed by atoms with van der Waals surface area (Å²) in [6.07, 6.45) is 0. The smallest absolute Gasteiger partial charge is 0.282 e. The maximum atomic E-state index is 9.64. The number of aliphatic hydroxyl groups is 1. The molecular weight excluding hydrogens is 144 g/mol. The van der Waals surface area contributed by atoms with Crippen LogP contribution in [0.2, 0.25) is 0 Å². The summed E-state index contributed by atoms with van der Waals surface area (Å²) < 4.78 is 10.1. The Labute approximate surface area is 68.3 Å². The number of ether oxygens (including phenoxy) is 2. The van der Waals surface area contributed by atoms with E-state index in [4.69, 9.17) is 9.47 Å². The van der Waals surface area contributed by atoms with E-state index in [0.29, 0.717) is 13.2 Å². The van der Waals surface area contributed by atoms with Gasteiger partial charge in [-0.2, -0.15) is 0 Å². The Bertz CT molecular complexity index is 95.5. The number of rotatable bonds is 5. The lowest BCUT2D eigenvalue weighted by Crippen LogP contribution is -2.41. The lowest BCUT2D eigenvalue weighted by Gasteiger charge is -2.30. The molecule has 0 rings (SSSR count). The first kappa shape index (κ1) is 10.9. The van der Waals surface area contributed by atoms with Crippen molar-refractivity contribution in [3.05, 3.63) is 0 Å². The standard InChI is InChI=1S/C8H18O3/c1-5-10-8(9,7(3)4)11-6-2/h7,9H,5-6H2,1-4H3. The van der Waals surface area contributed by atoms with Crippen molar-refractivity contribution >= 4 is 0 Å². The minimum absolute atomic E-state index is 0.0533. The van der Waals surface area contributed by atoms with Crippen molar-refractivity contribution in [1.82, 2.24) is 0 Å². The SMILES string of the molecule is CCOC(O)(OCC)C(C)C. The lowest BCUT2D eigenvalue weighted by molar-refractivity contribution is -0.378. The van der Waals surface area contributed by atoms with Gasteiger partial charge in [-0.3, -0.25) is 0 Å². The van der Waals surface area contributed by atoms with Gasteiger partial charge in [0.1, 0.15) is 0 Å². The molecule has 0 saturated carbocycles. The van der Waals surface area contributed by atoms with Crippen molar-refractivity contribution in [2.24, 2.45) is 5.92 Å². The van der Waals surface area contributed by atoms with Crippen LogP contribution in [-0.4, -0.2) is 24.3 Å². The third-order valence-corrected chi connectivity index (χ3v) is 1.43. The topological polar surface area (TPSA) is 38.7 Å². The predicted octanol–water partition coefficient (Wildman–Crippen LogP) is 1.36. The first-order chi connectivity index (χ1) is 5.06. The molecule has 0 radical (unpaired) electrons.